The van der Waals surface area contributed by atoms with Gasteiger partial charge in [0.05, 0.1) is 34.4 Å². The molecule has 0 radical (unpaired) electrons. The Hall–Kier alpha value is -1.71. The molecule has 0 heterocycles. The van der Waals surface area contributed by atoms with E-state index in [-0.39, 0.29) is 38.2 Å². The van der Waals surface area contributed by atoms with E-state index in [0.717, 1.165) is 38.5 Å². The van der Waals surface area contributed by atoms with E-state index in [1.165, 1.54) is 263 Å². The highest BCUT2D eigenvalue weighted by Crippen LogP contribution is 2.19. The minimum absolute atomic E-state index is 0.175. The van der Waals surface area contributed by atoms with E-state index in [1.54, 1.807) is 0 Å². The van der Waals surface area contributed by atoms with E-state index in [2.05, 4.69) is 13.8 Å². The van der Waals surface area contributed by atoms with E-state index < -0.39 is 18.4 Å². The standard InChI is InChI=1S/C63H123NO8/c1-6-8-10-12-14-15-16-17-18-19-20-21-22-23-24-25-26-27-28-29-30-31-32-33-34-35-36-37-38-39-40-41-42-43-44-45-46-47-48-50-52-54-61(66)72-59(57-70-60(65)53-51-49-13-11-9-7-2)58-71-63(62(67)68)69-56-55-64(3,4)5/h59,63H,6-58H2,1-5H3/p+1. The first-order chi connectivity index (χ1) is 35.1. The number of hydrogen-bond acceptors (Lipinski definition) is 7. The number of hydrogen-bond donors (Lipinski definition) is 1. The summed E-state index contributed by atoms with van der Waals surface area (Å²) in [6, 6.07) is 0. The van der Waals surface area contributed by atoms with Gasteiger partial charge in [-0.15, -0.1) is 0 Å². The van der Waals surface area contributed by atoms with Gasteiger partial charge in [0.2, 0.25) is 0 Å². The molecule has 9 heteroatoms. The molecule has 72 heavy (non-hydrogen) atoms. The summed E-state index contributed by atoms with van der Waals surface area (Å²) in [4.78, 5) is 37.0. The number of carboxylic acid groups (broad SMARTS) is 1. The Morgan fingerprint density at radius 3 is 0.889 bits per heavy atom. The number of aliphatic carboxylic acids is 1. The monoisotopic (exact) mass is 1020 g/mol. The maximum atomic E-state index is 12.8. The lowest BCUT2D eigenvalue weighted by Crippen LogP contribution is -2.40. The van der Waals surface area contributed by atoms with Crippen LogP contribution in [-0.2, 0) is 33.3 Å². The summed E-state index contributed by atoms with van der Waals surface area (Å²) in [5, 5.41) is 9.63. The lowest BCUT2D eigenvalue weighted by atomic mass is 10.0. The van der Waals surface area contributed by atoms with Gasteiger partial charge in [0.1, 0.15) is 13.2 Å². The SMILES string of the molecule is CCCCCCCCCCCCCCCCCCCCCCCCCCCCCCCCCCCCCCCCCCCC(=O)OC(COC(=O)CCCCCCCC)COC(OCC[N+](C)(C)C)C(=O)O. The summed E-state index contributed by atoms with van der Waals surface area (Å²) in [5.41, 5.74) is 0. The quantitative estimate of drug-likeness (QED) is 0.0278. The van der Waals surface area contributed by atoms with E-state index >= 15 is 0 Å². The van der Waals surface area contributed by atoms with Gasteiger partial charge in [0.15, 0.2) is 6.10 Å². The van der Waals surface area contributed by atoms with Crippen molar-refractivity contribution in [3.8, 4) is 0 Å². The maximum absolute atomic E-state index is 12.8. The second-order valence-electron chi connectivity index (χ2n) is 23.1. The normalized spacial score (nSPS) is 12.6. The molecule has 2 atom stereocenters. The minimum Gasteiger partial charge on any atom is -0.477 e. The van der Waals surface area contributed by atoms with Crippen LogP contribution in [0.5, 0.6) is 0 Å². The second kappa shape index (κ2) is 55.5. The Kier molecular flexibility index (Phi) is 54.2. The lowest BCUT2D eigenvalue weighted by molar-refractivity contribution is -0.870. The summed E-state index contributed by atoms with van der Waals surface area (Å²) < 4.78 is 22.7. The molecule has 0 fully saturated rings. The molecule has 0 saturated heterocycles. The first-order valence-electron chi connectivity index (χ1n) is 31.7. The van der Waals surface area contributed by atoms with E-state index in [4.69, 9.17) is 18.9 Å². The fraction of sp³-hybridized carbons (Fsp3) is 0.952. The highest BCUT2D eigenvalue weighted by molar-refractivity contribution is 5.71. The van der Waals surface area contributed by atoms with Crippen molar-refractivity contribution in [3.05, 3.63) is 0 Å². The number of nitrogens with zero attached hydrogens (tertiary/aromatic N) is 1. The number of carbonyl (C=O) groups excluding carboxylic acids is 2. The fourth-order valence-corrected chi connectivity index (χ4v) is 9.72. The molecular weight excluding hydrogens is 899 g/mol. The van der Waals surface area contributed by atoms with Crippen molar-refractivity contribution in [1.82, 2.24) is 0 Å². The van der Waals surface area contributed by atoms with Crippen LogP contribution in [0.1, 0.15) is 328 Å². The molecular formula is C63H124NO8+. The summed E-state index contributed by atoms with van der Waals surface area (Å²) in [6.45, 7) is 4.86. The Bertz CT molecular complexity index is 1140. The highest BCUT2D eigenvalue weighted by atomic mass is 16.7. The van der Waals surface area contributed by atoms with Gasteiger partial charge in [-0.3, -0.25) is 9.59 Å². The Labute approximate surface area is 447 Å². The molecule has 9 nitrogen and oxygen atoms in total. The molecule has 0 bridgehead atoms. The van der Waals surface area contributed by atoms with Crippen molar-refractivity contribution in [1.29, 1.82) is 0 Å². The van der Waals surface area contributed by atoms with Gasteiger partial charge in [-0.2, -0.15) is 0 Å². The molecule has 0 aromatic heterocycles. The first-order valence-corrected chi connectivity index (χ1v) is 31.7. The number of carbonyl (C=O) groups is 3. The Balaban J connectivity index is 3.70. The third kappa shape index (κ3) is 56.0. The predicted octanol–water partition coefficient (Wildman–Crippen LogP) is 18.7. The van der Waals surface area contributed by atoms with Crippen LogP contribution in [0.2, 0.25) is 0 Å². The van der Waals surface area contributed by atoms with E-state index in [1.807, 2.05) is 21.1 Å². The van der Waals surface area contributed by atoms with Crippen molar-refractivity contribution in [2.75, 3.05) is 47.5 Å². The number of ether oxygens (including phenoxy) is 4. The van der Waals surface area contributed by atoms with Crippen molar-refractivity contribution >= 4 is 17.9 Å². The van der Waals surface area contributed by atoms with Crippen LogP contribution in [0.3, 0.4) is 0 Å². The van der Waals surface area contributed by atoms with Crippen molar-refractivity contribution in [3.63, 3.8) is 0 Å². The van der Waals surface area contributed by atoms with Crippen LogP contribution in [0.4, 0.5) is 0 Å². The van der Waals surface area contributed by atoms with Crippen LogP contribution in [-0.4, -0.2) is 87.4 Å². The molecule has 0 saturated carbocycles. The number of rotatable bonds is 60. The van der Waals surface area contributed by atoms with Gasteiger partial charge in [0, 0.05) is 12.8 Å². The van der Waals surface area contributed by atoms with Crippen LogP contribution in [0.15, 0.2) is 0 Å². The maximum Gasteiger partial charge on any atom is 0.361 e. The topological polar surface area (TPSA) is 108 Å². The van der Waals surface area contributed by atoms with Crippen LogP contribution in [0, 0.1) is 0 Å². The van der Waals surface area contributed by atoms with Crippen molar-refractivity contribution < 1.29 is 42.9 Å². The molecule has 0 aliphatic carbocycles. The van der Waals surface area contributed by atoms with Gasteiger partial charge >= 0.3 is 17.9 Å². The molecule has 0 aromatic carbocycles. The van der Waals surface area contributed by atoms with Crippen molar-refractivity contribution in [2.24, 2.45) is 0 Å². The fourth-order valence-electron chi connectivity index (χ4n) is 9.72. The zero-order valence-electron chi connectivity index (χ0n) is 48.9. The second-order valence-corrected chi connectivity index (χ2v) is 23.1. The van der Waals surface area contributed by atoms with Gasteiger partial charge in [-0.05, 0) is 12.8 Å². The Morgan fingerprint density at radius 2 is 0.625 bits per heavy atom. The molecule has 2 unspecified atom stereocenters. The summed E-state index contributed by atoms with van der Waals surface area (Å²) in [7, 11) is 5.97. The zero-order valence-corrected chi connectivity index (χ0v) is 48.9. The molecule has 1 N–H and O–H groups in total. The predicted molar refractivity (Wildman–Crippen MR) is 305 cm³/mol. The van der Waals surface area contributed by atoms with E-state index in [9.17, 15) is 19.5 Å². The van der Waals surface area contributed by atoms with Gasteiger partial charge in [-0.1, -0.05) is 303 Å². The van der Waals surface area contributed by atoms with Crippen LogP contribution < -0.4 is 0 Å². The third-order valence-electron chi connectivity index (χ3n) is 14.6. The largest absolute Gasteiger partial charge is 0.477 e. The number of esters is 2. The van der Waals surface area contributed by atoms with Crippen LogP contribution >= 0.6 is 0 Å². The summed E-state index contributed by atoms with van der Waals surface area (Å²) in [6.07, 6.45) is 61.5. The third-order valence-corrected chi connectivity index (χ3v) is 14.6. The summed E-state index contributed by atoms with van der Waals surface area (Å²) >= 11 is 0. The number of unbranched alkanes of at least 4 members (excludes halogenated alkanes) is 45. The van der Waals surface area contributed by atoms with Crippen molar-refractivity contribution in [2.45, 2.75) is 341 Å². The van der Waals surface area contributed by atoms with E-state index in [0.29, 0.717) is 17.4 Å². The zero-order chi connectivity index (χ0) is 52.7. The average Bonchev–Trinajstić information content (AvgIpc) is 3.35. The molecule has 0 spiro atoms. The first kappa shape index (κ1) is 70.3. The molecule has 0 aliphatic heterocycles. The lowest BCUT2D eigenvalue weighted by Gasteiger charge is -2.25. The molecule has 0 aromatic rings. The average molecular weight is 1020 g/mol. The molecule has 0 amide bonds. The van der Waals surface area contributed by atoms with Gasteiger partial charge < -0.3 is 28.5 Å². The Morgan fingerprint density at radius 1 is 0.361 bits per heavy atom. The molecule has 0 rings (SSSR count). The molecule has 0 aliphatic rings. The van der Waals surface area contributed by atoms with Gasteiger partial charge in [-0.25, -0.2) is 4.79 Å². The number of likely N-dealkylation sites (N-methyl/N-ethyl adjacent to an activating group) is 1. The number of quaternary nitrogens is 1. The van der Waals surface area contributed by atoms with Gasteiger partial charge in [0.25, 0.3) is 6.29 Å². The van der Waals surface area contributed by atoms with Crippen LogP contribution in [0.25, 0.3) is 0 Å². The molecule has 428 valence electrons. The number of carboxylic acids is 1. The summed E-state index contributed by atoms with van der Waals surface area (Å²) in [5.74, 6) is -1.99. The smallest absolute Gasteiger partial charge is 0.361 e. The highest BCUT2D eigenvalue weighted by Gasteiger charge is 2.25. The minimum atomic E-state index is -1.50.